The molecule has 4 amide bonds. The molecule has 12 nitrogen and oxygen atoms in total. The summed E-state index contributed by atoms with van der Waals surface area (Å²) in [5.74, 6) is 1.98. The molecule has 9 rings (SSSR count). The average molecular weight is 1310 g/mol. The molecule has 0 atom stereocenters. The predicted molar refractivity (Wildman–Crippen MR) is 403 cm³/mol. The number of esters is 1. The number of rotatable bonds is 2. The summed E-state index contributed by atoms with van der Waals surface area (Å²) in [4.78, 5) is 69.6. The van der Waals surface area contributed by atoms with Crippen LogP contribution in [0.3, 0.4) is 0 Å². The molecule has 92 heavy (non-hydrogen) atoms. The standard InChI is InChI=1S/C12H21NO.C11H19NO.C11H21N.C10H19NO.C9H17NO.C8H16O2.C5H12O.7C2H6/c1-12(2,3)11(14)13-8-9-4-6-10(13)7-5-9;1-11(2,3)10(13)12-8-4-5-9(12)7-6-8;1-11(2,3)8-12-9-4-5-10(12)7-6-9;1-10(2,3)9(12)11-7-5-4-6-8-11;1-9(2,3)8(11)10-6-4-5-7-10;1-6(2)10-7(9)8(3,4)5;1-5(2,3)4-6;7*1-2/h9-10H,4-8H2,1-3H3;8-9H,4-7H2,1-3H3;9-10H,4-8H2,1-3H3;4-8H2,1-3H3;4-7H2,1-3H3;6H,1-5H3;6H,4H2,1-3H3;7*1-2H3. The van der Waals surface area contributed by atoms with Crippen molar-refractivity contribution in [3.05, 3.63) is 0 Å². The fourth-order valence-corrected chi connectivity index (χ4v) is 11.6. The third-order valence-electron chi connectivity index (χ3n) is 16.0. The van der Waals surface area contributed by atoms with E-state index in [1.54, 1.807) is 0 Å². The number of nitrogens with zero attached hydrogens (tertiary/aromatic N) is 5. The number of fused-ring (bicyclic) bond motifs is 7. The summed E-state index contributed by atoms with van der Waals surface area (Å²) in [6.45, 7) is 80.8. The molecule has 0 aromatic carbocycles. The molecule has 8 aliphatic heterocycles. The van der Waals surface area contributed by atoms with Crippen LogP contribution < -0.4 is 0 Å². The Labute approximate surface area is 576 Å². The van der Waals surface area contributed by atoms with Crippen molar-refractivity contribution in [2.24, 2.45) is 43.8 Å². The first-order chi connectivity index (χ1) is 42.5. The lowest BCUT2D eigenvalue weighted by Gasteiger charge is -2.47. The summed E-state index contributed by atoms with van der Waals surface area (Å²) in [7, 11) is 0. The second-order valence-electron chi connectivity index (χ2n) is 32.3. The van der Waals surface area contributed by atoms with Gasteiger partial charge in [-0.25, -0.2) is 0 Å². The summed E-state index contributed by atoms with van der Waals surface area (Å²) in [5.41, 5.74) is -0.556. The van der Waals surface area contributed by atoms with Crippen LogP contribution in [0.25, 0.3) is 0 Å². The van der Waals surface area contributed by atoms with E-state index in [0.717, 1.165) is 50.7 Å². The summed E-state index contributed by atoms with van der Waals surface area (Å²) in [6, 6.07) is 3.63. The van der Waals surface area contributed by atoms with Gasteiger partial charge in [0.25, 0.3) is 0 Å². The van der Waals surface area contributed by atoms with E-state index in [9.17, 15) is 24.0 Å². The third kappa shape index (κ3) is 42.1. The monoisotopic (exact) mass is 1310 g/mol. The van der Waals surface area contributed by atoms with Crippen molar-refractivity contribution < 1.29 is 33.8 Å². The van der Waals surface area contributed by atoms with Crippen molar-refractivity contribution in [1.82, 2.24) is 24.5 Å². The molecule has 9 aliphatic rings. The molecule has 12 heteroatoms. The Morgan fingerprint density at radius 2 is 0.641 bits per heavy atom. The summed E-state index contributed by atoms with van der Waals surface area (Å²) in [6.07, 6.45) is 22.0. The van der Waals surface area contributed by atoms with Crippen molar-refractivity contribution in [2.75, 3.05) is 45.9 Å². The van der Waals surface area contributed by atoms with Gasteiger partial charge in [0.05, 0.1) is 11.5 Å². The fraction of sp³-hybridized carbons (Fsp3) is 0.938. The maximum absolute atomic E-state index is 12.1. The van der Waals surface area contributed by atoms with E-state index < -0.39 is 0 Å². The van der Waals surface area contributed by atoms with Crippen LogP contribution >= 0.6 is 0 Å². The van der Waals surface area contributed by atoms with E-state index in [1.165, 1.54) is 116 Å². The van der Waals surface area contributed by atoms with Gasteiger partial charge in [-0.3, -0.25) is 28.9 Å². The van der Waals surface area contributed by atoms with Crippen LogP contribution in [0.2, 0.25) is 0 Å². The molecule has 8 saturated heterocycles. The molecule has 554 valence electrons. The van der Waals surface area contributed by atoms with Gasteiger partial charge in [0.1, 0.15) is 0 Å². The molecule has 0 aromatic heterocycles. The van der Waals surface area contributed by atoms with Gasteiger partial charge < -0.3 is 29.4 Å². The molecule has 1 aliphatic carbocycles. The van der Waals surface area contributed by atoms with E-state index in [0.29, 0.717) is 47.2 Å². The maximum Gasteiger partial charge on any atom is 0.311 e. The Hall–Kier alpha value is -2.73. The summed E-state index contributed by atoms with van der Waals surface area (Å²) < 4.78 is 4.98. The van der Waals surface area contributed by atoms with E-state index >= 15 is 0 Å². The minimum absolute atomic E-state index is 0.00766. The highest BCUT2D eigenvalue weighted by molar-refractivity contribution is 5.83. The quantitative estimate of drug-likeness (QED) is 0.271. The smallest absolute Gasteiger partial charge is 0.311 e. The van der Waals surface area contributed by atoms with E-state index in [1.807, 2.05) is 245 Å². The zero-order valence-corrected chi connectivity index (χ0v) is 69.1. The van der Waals surface area contributed by atoms with Crippen molar-refractivity contribution in [1.29, 1.82) is 0 Å². The number of hydrogen-bond donors (Lipinski definition) is 1. The minimum Gasteiger partial charge on any atom is -0.463 e. The lowest BCUT2D eigenvalue weighted by Crippen LogP contribution is -2.53. The molecule has 0 unspecified atom stereocenters. The summed E-state index contributed by atoms with van der Waals surface area (Å²) >= 11 is 0. The molecule has 8 heterocycles. The van der Waals surface area contributed by atoms with Crippen molar-refractivity contribution in [3.8, 4) is 0 Å². The Kier molecular flexibility index (Phi) is 55.2. The highest BCUT2D eigenvalue weighted by Gasteiger charge is 2.45. The van der Waals surface area contributed by atoms with Crippen molar-refractivity contribution in [3.63, 3.8) is 0 Å². The first kappa shape index (κ1) is 100. The van der Waals surface area contributed by atoms with Gasteiger partial charge in [0, 0.05) is 97.7 Å². The van der Waals surface area contributed by atoms with Crippen LogP contribution in [0.5, 0.6) is 0 Å². The Morgan fingerprint density at radius 1 is 0.370 bits per heavy atom. The van der Waals surface area contributed by atoms with Crippen LogP contribution in [-0.4, -0.2) is 141 Å². The Morgan fingerprint density at radius 3 is 0.859 bits per heavy atom. The molecular weight excluding hydrogens is 1140 g/mol. The largest absolute Gasteiger partial charge is 0.463 e. The summed E-state index contributed by atoms with van der Waals surface area (Å²) in [5, 5.41) is 8.40. The van der Waals surface area contributed by atoms with Gasteiger partial charge in [0.2, 0.25) is 23.6 Å². The third-order valence-corrected chi connectivity index (χ3v) is 16.0. The lowest BCUT2D eigenvalue weighted by molar-refractivity contribution is -0.156. The second kappa shape index (κ2) is 50.6. The molecule has 9 fully saturated rings. The number of ether oxygens (including phenoxy) is 1. The van der Waals surface area contributed by atoms with Gasteiger partial charge in [-0.15, -0.1) is 0 Å². The molecule has 6 bridgehead atoms. The molecular formula is C80H167N5O7. The van der Waals surface area contributed by atoms with Gasteiger partial charge in [-0.2, -0.15) is 0 Å². The molecule has 1 saturated carbocycles. The number of likely N-dealkylation sites (tertiary alicyclic amines) is 2. The van der Waals surface area contributed by atoms with Crippen LogP contribution in [0, 0.1) is 43.8 Å². The second-order valence-corrected chi connectivity index (χ2v) is 32.3. The molecule has 0 radical (unpaired) electrons. The topological polar surface area (TPSA) is 131 Å². The van der Waals surface area contributed by atoms with Gasteiger partial charge in [-0.1, -0.05) is 222 Å². The first-order valence-corrected chi connectivity index (χ1v) is 38.3. The average Bonchev–Trinajstić information content (AvgIpc) is 1.50. The first-order valence-electron chi connectivity index (χ1n) is 38.3. The van der Waals surface area contributed by atoms with Gasteiger partial charge in [0.15, 0.2) is 0 Å². The van der Waals surface area contributed by atoms with Gasteiger partial charge in [-0.05, 0) is 161 Å². The van der Waals surface area contributed by atoms with Crippen molar-refractivity contribution >= 4 is 29.6 Å². The molecule has 0 aromatic rings. The molecule has 1 N–H and O–H groups in total. The number of piperidine rings is 3. The number of hydrogen-bond acceptors (Lipinski definition) is 8. The zero-order valence-electron chi connectivity index (χ0n) is 69.1. The molecule has 0 spiro atoms. The van der Waals surface area contributed by atoms with Crippen LogP contribution in [-0.2, 0) is 28.7 Å². The maximum atomic E-state index is 12.1. The minimum atomic E-state index is -0.371. The number of amides is 4. The van der Waals surface area contributed by atoms with Crippen LogP contribution in [0.4, 0.5) is 0 Å². The SMILES string of the molecule is CC.CC.CC.CC.CC.CC.CC.CC(C)(C)C(=O)N1C2CCC1CC2.CC(C)(C)C(=O)N1CC2CCC1CC2.CC(C)(C)C(=O)N1CCCC1.CC(C)(C)C(=O)N1CCCCC1.CC(C)(C)CN1C2CCC1CC2.CC(C)(C)CO.CC(C)OC(=O)C(C)(C)C. The van der Waals surface area contributed by atoms with Gasteiger partial charge >= 0.3 is 5.97 Å². The van der Waals surface area contributed by atoms with E-state index in [-0.39, 0.29) is 51.2 Å². The van der Waals surface area contributed by atoms with E-state index in [4.69, 9.17) is 9.84 Å². The Bertz CT molecular complexity index is 1790. The number of aliphatic hydroxyl groups is 1. The normalized spacial score (nSPS) is 21.6. The van der Waals surface area contributed by atoms with Crippen LogP contribution in [0.15, 0.2) is 0 Å². The number of carbonyl (C=O) groups is 5. The van der Waals surface area contributed by atoms with Crippen molar-refractivity contribution in [2.45, 2.75) is 402 Å². The number of aliphatic hydroxyl groups excluding tert-OH is 1. The highest BCUT2D eigenvalue weighted by Crippen LogP contribution is 2.41. The fourth-order valence-electron chi connectivity index (χ4n) is 11.6. The zero-order chi connectivity index (χ0) is 74.0. The van der Waals surface area contributed by atoms with E-state index in [2.05, 4.69) is 35.5 Å². The predicted octanol–water partition coefficient (Wildman–Crippen LogP) is 21.2. The lowest BCUT2D eigenvalue weighted by atomic mass is 9.78. The van der Waals surface area contributed by atoms with Crippen LogP contribution in [0.1, 0.15) is 365 Å². The number of carbonyl (C=O) groups excluding carboxylic acids is 5. The highest BCUT2D eigenvalue weighted by atomic mass is 16.5. The Balaban J connectivity index is -0.000000229.